The zero-order valence-electron chi connectivity index (χ0n) is 14.2. The lowest BCUT2D eigenvalue weighted by Crippen LogP contribution is -2.06. The number of hydrogen-bond donors (Lipinski definition) is 1. The number of alkyl halides is 1. The van der Waals surface area contributed by atoms with E-state index in [1.807, 2.05) is 42.1 Å². The minimum Gasteiger partial charge on any atom is -0.369 e. The van der Waals surface area contributed by atoms with E-state index in [0.29, 0.717) is 10.6 Å². The smallest absolute Gasteiger partial charge is 0.129 e. The molecule has 1 atom stereocenters. The number of anilines is 1. The van der Waals surface area contributed by atoms with E-state index in [1.54, 1.807) is 24.0 Å². The molecular weight excluding hydrogens is 371 g/mol. The van der Waals surface area contributed by atoms with Gasteiger partial charge in [-0.2, -0.15) is 5.10 Å². The Kier molecular flexibility index (Phi) is 4.87. The number of aryl methyl sites for hydroxylation is 1. The van der Waals surface area contributed by atoms with Gasteiger partial charge < -0.3 is 5.32 Å². The number of thioether (sulfide) groups is 1. The van der Waals surface area contributed by atoms with Crippen LogP contribution in [0.4, 0.5) is 10.2 Å². The molecule has 1 N–H and O–H groups in total. The van der Waals surface area contributed by atoms with Gasteiger partial charge in [0.25, 0.3) is 0 Å². The standard InChI is InChI=1S/C19H18ClFN4S/c1-25-19-16(17(24-25)15-4-2-3-7-22-15)18(26-9-8-23-19)14-6-5-13(20)10-12(14)11-21/h2-7,10,18,23H,8-9,11H2,1H3. The molecule has 26 heavy (non-hydrogen) atoms. The van der Waals surface area contributed by atoms with Crippen LogP contribution in [0.3, 0.4) is 0 Å². The van der Waals surface area contributed by atoms with E-state index in [9.17, 15) is 4.39 Å². The molecule has 1 aliphatic heterocycles. The van der Waals surface area contributed by atoms with Crippen LogP contribution in [0.15, 0.2) is 42.6 Å². The SMILES string of the molecule is Cn1nc(-c2ccccn2)c2c1NCCSC2c1ccc(Cl)cc1CF. The average molecular weight is 389 g/mol. The molecule has 1 aromatic carbocycles. The van der Waals surface area contributed by atoms with E-state index in [2.05, 4.69) is 10.3 Å². The molecule has 2 aromatic heterocycles. The van der Waals surface area contributed by atoms with Crippen LogP contribution < -0.4 is 5.32 Å². The third-order valence-electron chi connectivity index (χ3n) is 4.46. The molecule has 0 amide bonds. The molecule has 0 saturated carbocycles. The second kappa shape index (κ2) is 7.29. The number of aromatic nitrogens is 3. The Hall–Kier alpha value is -2.05. The first-order valence-electron chi connectivity index (χ1n) is 8.37. The quantitative estimate of drug-likeness (QED) is 0.696. The molecule has 3 heterocycles. The van der Waals surface area contributed by atoms with Gasteiger partial charge in [0.15, 0.2) is 0 Å². The van der Waals surface area contributed by atoms with Crippen LogP contribution in [0.25, 0.3) is 11.4 Å². The van der Waals surface area contributed by atoms with Crippen molar-refractivity contribution in [2.45, 2.75) is 11.9 Å². The van der Waals surface area contributed by atoms with Crippen molar-refractivity contribution >= 4 is 29.2 Å². The summed E-state index contributed by atoms with van der Waals surface area (Å²) in [5, 5.41) is 8.69. The summed E-state index contributed by atoms with van der Waals surface area (Å²) in [6.07, 6.45) is 1.76. The van der Waals surface area contributed by atoms with Crippen molar-refractivity contribution in [3.63, 3.8) is 0 Å². The summed E-state index contributed by atoms with van der Waals surface area (Å²) < 4.78 is 15.6. The first-order chi connectivity index (χ1) is 12.7. The number of pyridine rings is 1. The molecule has 4 rings (SSSR count). The minimum atomic E-state index is -0.547. The molecule has 0 bridgehead atoms. The monoisotopic (exact) mass is 388 g/mol. The van der Waals surface area contributed by atoms with Gasteiger partial charge in [-0.25, -0.2) is 4.39 Å². The molecule has 7 heteroatoms. The number of fused-ring (bicyclic) bond motifs is 1. The third-order valence-corrected chi connectivity index (χ3v) is 5.96. The fourth-order valence-electron chi connectivity index (χ4n) is 3.31. The number of hydrogen-bond acceptors (Lipinski definition) is 4. The molecule has 3 aromatic rings. The van der Waals surface area contributed by atoms with E-state index in [4.69, 9.17) is 16.7 Å². The highest BCUT2D eigenvalue weighted by molar-refractivity contribution is 7.99. The van der Waals surface area contributed by atoms with Gasteiger partial charge in [0.1, 0.15) is 18.2 Å². The first-order valence-corrected chi connectivity index (χ1v) is 9.79. The van der Waals surface area contributed by atoms with Gasteiger partial charge in [0, 0.05) is 36.1 Å². The summed E-state index contributed by atoms with van der Waals surface area (Å²) >= 11 is 7.87. The maximum Gasteiger partial charge on any atom is 0.129 e. The Morgan fingerprint density at radius 2 is 2.23 bits per heavy atom. The summed E-state index contributed by atoms with van der Waals surface area (Å²) in [6.45, 7) is 0.281. The maximum atomic E-state index is 13.7. The number of benzene rings is 1. The predicted molar refractivity (Wildman–Crippen MR) is 105 cm³/mol. The zero-order valence-corrected chi connectivity index (χ0v) is 15.8. The van der Waals surface area contributed by atoms with Gasteiger partial charge in [-0.05, 0) is 35.4 Å². The van der Waals surface area contributed by atoms with E-state index in [-0.39, 0.29) is 5.25 Å². The van der Waals surface area contributed by atoms with Gasteiger partial charge in [0.2, 0.25) is 0 Å². The molecule has 0 spiro atoms. The fraction of sp³-hybridized carbons (Fsp3) is 0.263. The van der Waals surface area contributed by atoms with Crippen LogP contribution in [0.5, 0.6) is 0 Å². The predicted octanol–water partition coefficient (Wildman–Crippen LogP) is 4.85. The lowest BCUT2D eigenvalue weighted by Gasteiger charge is -2.19. The van der Waals surface area contributed by atoms with Crippen LogP contribution in [0.2, 0.25) is 5.02 Å². The van der Waals surface area contributed by atoms with Gasteiger partial charge in [0.05, 0.1) is 10.9 Å². The maximum absolute atomic E-state index is 13.7. The van der Waals surface area contributed by atoms with Crippen molar-refractivity contribution < 1.29 is 4.39 Å². The first kappa shape index (κ1) is 17.4. The Labute approximate surface area is 160 Å². The molecule has 0 aliphatic carbocycles. The zero-order chi connectivity index (χ0) is 18.1. The van der Waals surface area contributed by atoms with Crippen LogP contribution >= 0.6 is 23.4 Å². The molecule has 0 radical (unpaired) electrons. The van der Waals surface area contributed by atoms with Crippen molar-refractivity contribution in [1.29, 1.82) is 0 Å². The largest absolute Gasteiger partial charge is 0.369 e. The highest BCUT2D eigenvalue weighted by atomic mass is 35.5. The van der Waals surface area contributed by atoms with Gasteiger partial charge in [-0.15, -0.1) is 11.8 Å². The van der Waals surface area contributed by atoms with Crippen molar-refractivity contribution in [3.8, 4) is 11.4 Å². The Balaban J connectivity index is 1.93. The Morgan fingerprint density at radius 3 is 3.00 bits per heavy atom. The van der Waals surface area contributed by atoms with Crippen molar-refractivity contribution in [2.75, 3.05) is 17.6 Å². The minimum absolute atomic E-state index is 0.0336. The van der Waals surface area contributed by atoms with Gasteiger partial charge in [-0.3, -0.25) is 9.67 Å². The lowest BCUT2D eigenvalue weighted by atomic mass is 9.98. The highest BCUT2D eigenvalue weighted by Gasteiger charge is 2.30. The normalized spacial score (nSPS) is 16.7. The lowest BCUT2D eigenvalue weighted by molar-refractivity contribution is 0.483. The highest BCUT2D eigenvalue weighted by Crippen LogP contribution is 2.46. The van der Waals surface area contributed by atoms with E-state index >= 15 is 0 Å². The van der Waals surface area contributed by atoms with Crippen LogP contribution in [-0.2, 0) is 13.7 Å². The molecule has 4 nitrogen and oxygen atoms in total. The molecule has 0 saturated heterocycles. The van der Waals surface area contributed by atoms with Gasteiger partial charge >= 0.3 is 0 Å². The Bertz CT molecular complexity index is 929. The number of nitrogens with zero attached hydrogens (tertiary/aromatic N) is 3. The van der Waals surface area contributed by atoms with E-state index < -0.39 is 6.67 Å². The van der Waals surface area contributed by atoms with E-state index in [0.717, 1.165) is 40.6 Å². The molecule has 1 unspecified atom stereocenters. The van der Waals surface area contributed by atoms with E-state index in [1.165, 1.54) is 0 Å². The summed E-state index contributed by atoms with van der Waals surface area (Å²) in [7, 11) is 1.92. The molecule has 0 fully saturated rings. The summed E-state index contributed by atoms with van der Waals surface area (Å²) in [5.41, 5.74) is 4.26. The van der Waals surface area contributed by atoms with Crippen LogP contribution in [0, 0.1) is 0 Å². The Morgan fingerprint density at radius 1 is 1.35 bits per heavy atom. The fourth-order valence-corrected chi connectivity index (χ4v) is 4.76. The second-order valence-corrected chi connectivity index (χ2v) is 7.75. The molecule has 1 aliphatic rings. The third kappa shape index (κ3) is 3.08. The second-order valence-electron chi connectivity index (χ2n) is 6.10. The van der Waals surface area contributed by atoms with Gasteiger partial charge in [-0.1, -0.05) is 23.7 Å². The summed E-state index contributed by atoms with van der Waals surface area (Å²) in [5.74, 6) is 1.87. The average Bonchev–Trinajstić information content (AvgIpc) is 2.85. The van der Waals surface area contributed by atoms with Crippen LogP contribution in [-0.4, -0.2) is 27.1 Å². The van der Waals surface area contributed by atoms with Crippen LogP contribution in [0.1, 0.15) is 21.9 Å². The number of nitrogens with one attached hydrogen (secondary N) is 1. The number of rotatable bonds is 3. The number of halogens is 2. The molecule has 134 valence electrons. The topological polar surface area (TPSA) is 42.7 Å². The molecular formula is C19H18ClFN4S. The van der Waals surface area contributed by atoms with Crippen molar-refractivity contribution in [3.05, 3.63) is 64.3 Å². The van der Waals surface area contributed by atoms with Crippen molar-refractivity contribution in [2.24, 2.45) is 7.05 Å². The summed E-state index contributed by atoms with van der Waals surface area (Å²) in [6, 6.07) is 11.3. The summed E-state index contributed by atoms with van der Waals surface area (Å²) in [4.78, 5) is 4.48. The van der Waals surface area contributed by atoms with Crippen molar-refractivity contribution in [1.82, 2.24) is 14.8 Å².